The van der Waals surface area contributed by atoms with Crippen molar-refractivity contribution < 1.29 is 13.9 Å². The lowest BCUT2D eigenvalue weighted by Gasteiger charge is -2.36. The van der Waals surface area contributed by atoms with Crippen LogP contribution in [0.2, 0.25) is 0 Å². The summed E-state index contributed by atoms with van der Waals surface area (Å²) >= 11 is 0. The summed E-state index contributed by atoms with van der Waals surface area (Å²) in [6.07, 6.45) is -0.282. The number of piperazine rings is 1. The zero-order chi connectivity index (χ0) is 18.7. The lowest BCUT2D eigenvalue weighted by Crippen LogP contribution is -2.53. The molecule has 1 fully saturated rings. The van der Waals surface area contributed by atoms with Gasteiger partial charge in [-0.3, -0.25) is 0 Å². The fourth-order valence-corrected chi connectivity index (χ4v) is 2.82. The van der Waals surface area contributed by atoms with E-state index < -0.39 is 5.60 Å². The first-order chi connectivity index (χ1) is 12.3. The normalized spacial score (nSPS) is 15.6. The van der Waals surface area contributed by atoms with Gasteiger partial charge in [0.25, 0.3) is 0 Å². The zero-order valence-corrected chi connectivity index (χ0v) is 18.3. The van der Waals surface area contributed by atoms with E-state index in [9.17, 15) is 4.79 Å². The zero-order valence-electron chi connectivity index (χ0n) is 16.0. The van der Waals surface area contributed by atoms with Crippen LogP contribution in [0, 0.1) is 0 Å². The van der Waals surface area contributed by atoms with Crippen molar-refractivity contribution in [1.82, 2.24) is 9.80 Å². The van der Waals surface area contributed by atoms with Gasteiger partial charge < -0.3 is 24.7 Å². The van der Waals surface area contributed by atoms with Gasteiger partial charge in [0, 0.05) is 31.6 Å². The Morgan fingerprint density at radius 1 is 1.19 bits per heavy atom. The molecule has 2 N–H and O–H groups in total. The monoisotopic (exact) mass is 486 g/mol. The van der Waals surface area contributed by atoms with E-state index >= 15 is 0 Å². The van der Waals surface area contributed by atoms with Gasteiger partial charge >= 0.3 is 6.09 Å². The van der Waals surface area contributed by atoms with E-state index in [1.807, 2.05) is 56.0 Å². The molecule has 0 atom stereocenters. The van der Waals surface area contributed by atoms with Crippen molar-refractivity contribution in [3.8, 4) is 0 Å². The highest BCUT2D eigenvalue weighted by Crippen LogP contribution is 2.19. The van der Waals surface area contributed by atoms with Gasteiger partial charge in [0.1, 0.15) is 23.5 Å². The highest BCUT2D eigenvalue weighted by molar-refractivity contribution is 14.0. The second-order valence-electron chi connectivity index (χ2n) is 7.38. The average Bonchev–Trinajstić information content (AvgIpc) is 3.01. The molecule has 1 aliphatic heterocycles. The van der Waals surface area contributed by atoms with Crippen LogP contribution in [0.15, 0.2) is 39.7 Å². The number of para-hydroxylation sites is 1. The number of rotatable bonds is 2. The summed E-state index contributed by atoms with van der Waals surface area (Å²) in [4.78, 5) is 20.2. The van der Waals surface area contributed by atoms with Gasteiger partial charge in [-0.05, 0) is 32.9 Å². The number of hydrogen-bond donors (Lipinski definition) is 1. The Bertz CT molecular complexity index is 772. The Morgan fingerprint density at radius 3 is 2.44 bits per heavy atom. The van der Waals surface area contributed by atoms with E-state index in [1.54, 1.807) is 4.90 Å². The van der Waals surface area contributed by atoms with Crippen molar-refractivity contribution in [3.63, 3.8) is 0 Å². The first-order valence-corrected chi connectivity index (χ1v) is 8.82. The smallest absolute Gasteiger partial charge is 0.410 e. The van der Waals surface area contributed by atoms with Crippen LogP contribution < -0.4 is 5.73 Å². The van der Waals surface area contributed by atoms with Gasteiger partial charge in [0.15, 0.2) is 5.96 Å². The maximum absolute atomic E-state index is 12.1. The number of aliphatic imine (C=N–C) groups is 1. The molecule has 0 radical (unpaired) electrons. The number of nitrogens with two attached hydrogens (primary N) is 1. The number of guanidine groups is 1. The summed E-state index contributed by atoms with van der Waals surface area (Å²) in [6.45, 7) is 8.39. The molecule has 3 rings (SSSR count). The Kier molecular flexibility index (Phi) is 6.96. The topological polar surface area (TPSA) is 84.3 Å². The molecular weight excluding hydrogens is 459 g/mol. The molecule has 0 aliphatic carbocycles. The number of furan rings is 1. The highest BCUT2D eigenvalue weighted by Gasteiger charge is 2.26. The van der Waals surface area contributed by atoms with E-state index in [4.69, 9.17) is 14.9 Å². The van der Waals surface area contributed by atoms with Crippen LogP contribution in [0.1, 0.15) is 26.5 Å². The van der Waals surface area contributed by atoms with Gasteiger partial charge in [0.05, 0.1) is 0 Å². The minimum absolute atomic E-state index is 0. The molecule has 7 nitrogen and oxygen atoms in total. The van der Waals surface area contributed by atoms with Crippen LogP contribution in [0.3, 0.4) is 0 Å². The number of hydrogen-bond acceptors (Lipinski definition) is 4. The van der Waals surface area contributed by atoms with Crippen molar-refractivity contribution in [1.29, 1.82) is 0 Å². The second-order valence-corrected chi connectivity index (χ2v) is 7.38. The van der Waals surface area contributed by atoms with Crippen LogP contribution in [-0.4, -0.2) is 53.6 Å². The van der Waals surface area contributed by atoms with Gasteiger partial charge in [-0.15, -0.1) is 24.0 Å². The summed E-state index contributed by atoms with van der Waals surface area (Å²) in [7, 11) is 0. The predicted molar refractivity (Wildman–Crippen MR) is 116 cm³/mol. The number of carbonyl (C=O) groups excluding carboxylic acids is 1. The molecule has 8 heteroatoms. The number of nitrogens with zero attached hydrogens (tertiary/aromatic N) is 3. The predicted octanol–water partition coefficient (Wildman–Crippen LogP) is 3.42. The minimum Gasteiger partial charge on any atom is -0.459 e. The Morgan fingerprint density at radius 2 is 1.81 bits per heavy atom. The number of fused-ring (bicyclic) bond motifs is 1. The molecule has 1 aromatic heterocycles. The molecule has 0 saturated carbocycles. The second kappa shape index (κ2) is 8.81. The Labute approximate surface area is 176 Å². The molecule has 0 unspecified atom stereocenters. The minimum atomic E-state index is -0.485. The van der Waals surface area contributed by atoms with Crippen molar-refractivity contribution in [2.45, 2.75) is 32.9 Å². The maximum Gasteiger partial charge on any atom is 0.410 e. The molecule has 2 heterocycles. The molecule has 0 bridgehead atoms. The molecule has 1 aliphatic rings. The number of halogens is 1. The number of benzene rings is 1. The fraction of sp³-hybridized carbons (Fsp3) is 0.474. The molecular formula is C19H27IN4O3. The van der Waals surface area contributed by atoms with Gasteiger partial charge in [-0.2, -0.15) is 0 Å². The summed E-state index contributed by atoms with van der Waals surface area (Å²) < 4.78 is 11.2. The molecule has 1 saturated heterocycles. The first kappa shape index (κ1) is 21.3. The van der Waals surface area contributed by atoms with Crippen LogP contribution in [0.25, 0.3) is 11.0 Å². The quantitative estimate of drug-likeness (QED) is 0.400. The molecule has 1 amide bonds. The fourth-order valence-electron chi connectivity index (χ4n) is 2.82. The highest BCUT2D eigenvalue weighted by atomic mass is 127. The summed E-state index contributed by atoms with van der Waals surface area (Å²) in [5.41, 5.74) is 6.48. The standard InChI is InChI=1S/C19H26N4O3.HI/c1-19(2,3)26-18(24)23-10-8-22(9-11-23)17(20)21-13-15-12-14-6-4-5-7-16(14)25-15;/h4-7,12H,8-11,13H2,1-3H3,(H2,20,21);1H. The van der Waals surface area contributed by atoms with E-state index in [0.717, 1.165) is 16.7 Å². The van der Waals surface area contributed by atoms with E-state index in [2.05, 4.69) is 4.99 Å². The van der Waals surface area contributed by atoms with Gasteiger partial charge in [-0.1, -0.05) is 18.2 Å². The molecule has 27 heavy (non-hydrogen) atoms. The summed E-state index contributed by atoms with van der Waals surface area (Å²) in [5, 5.41) is 1.06. The lowest BCUT2D eigenvalue weighted by atomic mass is 10.2. The SMILES string of the molecule is CC(C)(C)OC(=O)N1CCN(C(N)=NCc2cc3ccccc3o2)CC1.I. The molecule has 2 aromatic rings. The van der Waals surface area contributed by atoms with Gasteiger partial charge in [-0.25, -0.2) is 9.79 Å². The van der Waals surface area contributed by atoms with Crippen molar-refractivity contribution in [2.24, 2.45) is 10.7 Å². The van der Waals surface area contributed by atoms with E-state index in [1.165, 1.54) is 0 Å². The Hall–Kier alpha value is -1.97. The number of ether oxygens (including phenoxy) is 1. The third-order valence-electron chi connectivity index (χ3n) is 4.13. The van der Waals surface area contributed by atoms with Crippen LogP contribution in [-0.2, 0) is 11.3 Å². The largest absolute Gasteiger partial charge is 0.459 e. The van der Waals surface area contributed by atoms with Crippen LogP contribution in [0.5, 0.6) is 0 Å². The number of carbonyl (C=O) groups is 1. The third-order valence-corrected chi connectivity index (χ3v) is 4.13. The van der Waals surface area contributed by atoms with Crippen molar-refractivity contribution in [2.75, 3.05) is 26.2 Å². The summed E-state index contributed by atoms with van der Waals surface area (Å²) in [5.74, 6) is 1.25. The maximum atomic E-state index is 12.1. The Balaban J connectivity index is 0.00000261. The lowest BCUT2D eigenvalue weighted by molar-refractivity contribution is 0.0186. The first-order valence-electron chi connectivity index (χ1n) is 8.82. The average molecular weight is 486 g/mol. The third kappa shape index (κ3) is 5.75. The van der Waals surface area contributed by atoms with E-state index in [-0.39, 0.29) is 30.1 Å². The van der Waals surface area contributed by atoms with Crippen molar-refractivity contribution in [3.05, 3.63) is 36.1 Å². The van der Waals surface area contributed by atoms with Crippen LogP contribution in [0.4, 0.5) is 4.79 Å². The van der Waals surface area contributed by atoms with E-state index in [0.29, 0.717) is 38.7 Å². The molecule has 1 aromatic carbocycles. The number of amides is 1. The van der Waals surface area contributed by atoms with Crippen molar-refractivity contribution >= 4 is 47.0 Å². The van der Waals surface area contributed by atoms with Crippen LogP contribution >= 0.6 is 24.0 Å². The van der Waals surface area contributed by atoms with Gasteiger partial charge in [0.2, 0.25) is 0 Å². The molecule has 0 spiro atoms. The molecule has 148 valence electrons. The summed E-state index contributed by atoms with van der Waals surface area (Å²) in [6, 6.07) is 9.83.